The summed E-state index contributed by atoms with van der Waals surface area (Å²) in [6.07, 6.45) is 0.824. The number of carbonyl (C=O) groups excluding carboxylic acids is 2. The molecule has 0 aliphatic carbocycles. The number of para-hydroxylation sites is 1. The Morgan fingerprint density at radius 3 is 2.70 bits per heavy atom. The van der Waals surface area contributed by atoms with Crippen molar-refractivity contribution in [1.82, 2.24) is 5.32 Å². The van der Waals surface area contributed by atoms with Crippen LogP contribution in [0.15, 0.2) is 48.5 Å². The van der Waals surface area contributed by atoms with Crippen LogP contribution in [0.4, 0.5) is 5.69 Å². The molecule has 2 amide bonds. The number of nitrogens with one attached hydrogen (secondary N) is 1. The summed E-state index contributed by atoms with van der Waals surface area (Å²) >= 11 is 0. The van der Waals surface area contributed by atoms with E-state index in [4.69, 9.17) is 0 Å². The molecule has 3 rings (SSSR count). The number of hydrogen-bond donors (Lipinski definition) is 1. The van der Waals surface area contributed by atoms with E-state index in [9.17, 15) is 9.59 Å². The highest BCUT2D eigenvalue weighted by Gasteiger charge is 2.26. The molecule has 0 unspecified atom stereocenters. The number of anilines is 1. The van der Waals surface area contributed by atoms with Gasteiger partial charge in [0.15, 0.2) is 0 Å². The van der Waals surface area contributed by atoms with E-state index in [1.807, 2.05) is 55.5 Å². The van der Waals surface area contributed by atoms with Gasteiger partial charge in [-0.3, -0.25) is 9.59 Å². The average Bonchev–Trinajstić information content (AvgIpc) is 2.86. The van der Waals surface area contributed by atoms with Gasteiger partial charge in [0.25, 0.3) is 0 Å². The predicted molar refractivity (Wildman–Crippen MR) is 90.4 cm³/mol. The molecule has 4 nitrogen and oxygen atoms in total. The average molecular weight is 308 g/mol. The van der Waals surface area contributed by atoms with E-state index in [0.29, 0.717) is 25.9 Å². The number of nitrogens with zero attached hydrogens (tertiary/aromatic N) is 1. The Hall–Kier alpha value is -2.62. The summed E-state index contributed by atoms with van der Waals surface area (Å²) in [6.45, 7) is 2.97. The van der Waals surface area contributed by atoms with Crippen molar-refractivity contribution in [3.05, 3.63) is 65.2 Å². The molecule has 1 N–H and O–H groups in total. The minimum atomic E-state index is -0.0146. The molecular weight excluding hydrogens is 288 g/mol. The minimum Gasteiger partial charge on any atom is -0.354 e. The van der Waals surface area contributed by atoms with E-state index in [-0.39, 0.29) is 11.8 Å². The van der Waals surface area contributed by atoms with Crippen molar-refractivity contribution in [1.29, 1.82) is 0 Å². The standard InChI is InChI=1S/C19H20N2O2/c1-14-6-2-3-7-15(14)12-18(22)20-10-11-21-17-9-5-4-8-16(17)13-19(21)23/h2-9H,10-13H2,1H3,(H,20,22). The Morgan fingerprint density at radius 1 is 1.13 bits per heavy atom. The third kappa shape index (κ3) is 3.42. The smallest absolute Gasteiger partial charge is 0.231 e. The lowest BCUT2D eigenvalue weighted by atomic mass is 10.1. The first-order valence-electron chi connectivity index (χ1n) is 7.84. The van der Waals surface area contributed by atoms with Crippen molar-refractivity contribution in [2.75, 3.05) is 18.0 Å². The number of fused-ring (bicyclic) bond motifs is 1. The number of carbonyl (C=O) groups is 2. The first kappa shape index (κ1) is 15.3. The van der Waals surface area contributed by atoms with Gasteiger partial charge >= 0.3 is 0 Å². The quantitative estimate of drug-likeness (QED) is 0.921. The number of hydrogen-bond acceptors (Lipinski definition) is 2. The molecule has 118 valence electrons. The molecule has 23 heavy (non-hydrogen) atoms. The normalized spacial score (nSPS) is 13.1. The fourth-order valence-electron chi connectivity index (χ4n) is 2.91. The maximum absolute atomic E-state index is 12.1. The van der Waals surface area contributed by atoms with E-state index < -0.39 is 0 Å². The highest BCUT2D eigenvalue weighted by molar-refractivity contribution is 6.01. The second-order valence-corrected chi connectivity index (χ2v) is 5.80. The van der Waals surface area contributed by atoms with Crippen LogP contribution in [-0.2, 0) is 22.4 Å². The zero-order valence-electron chi connectivity index (χ0n) is 13.2. The molecule has 1 heterocycles. The van der Waals surface area contributed by atoms with Gasteiger partial charge in [0.1, 0.15) is 0 Å². The van der Waals surface area contributed by atoms with E-state index >= 15 is 0 Å². The van der Waals surface area contributed by atoms with Crippen LogP contribution in [0.1, 0.15) is 16.7 Å². The molecule has 1 aliphatic rings. The summed E-state index contributed by atoms with van der Waals surface area (Å²) < 4.78 is 0. The molecule has 0 radical (unpaired) electrons. The fourth-order valence-corrected chi connectivity index (χ4v) is 2.91. The molecule has 1 aliphatic heterocycles. The third-order valence-electron chi connectivity index (χ3n) is 4.19. The molecule has 0 saturated heterocycles. The number of aryl methyl sites for hydroxylation is 1. The van der Waals surface area contributed by atoms with Gasteiger partial charge in [-0.25, -0.2) is 0 Å². The van der Waals surface area contributed by atoms with Gasteiger partial charge in [-0.2, -0.15) is 0 Å². The summed E-state index contributed by atoms with van der Waals surface area (Å²) in [6, 6.07) is 15.7. The first-order chi connectivity index (χ1) is 11.1. The second kappa shape index (κ2) is 6.65. The fraction of sp³-hybridized carbons (Fsp3) is 0.263. The number of amides is 2. The Kier molecular flexibility index (Phi) is 4.42. The van der Waals surface area contributed by atoms with Crippen LogP contribution in [-0.4, -0.2) is 24.9 Å². The molecule has 0 fully saturated rings. The van der Waals surface area contributed by atoms with Crippen LogP contribution in [0.3, 0.4) is 0 Å². The predicted octanol–water partition coefficient (Wildman–Crippen LogP) is 2.24. The maximum Gasteiger partial charge on any atom is 0.231 e. The molecule has 4 heteroatoms. The van der Waals surface area contributed by atoms with E-state index in [1.54, 1.807) is 4.90 Å². The summed E-state index contributed by atoms with van der Waals surface area (Å²) in [5.41, 5.74) is 4.17. The van der Waals surface area contributed by atoms with E-state index in [2.05, 4.69) is 5.32 Å². The number of benzene rings is 2. The summed E-state index contributed by atoms with van der Waals surface area (Å²) in [4.78, 5) is 25.9. The molecule has 0 aromatic heterocycles. The van der Waals surface area contributed by atoms with Crippen LogP contribution >= 0.6 is 0 Å². The Morgan fingerprint density at radius 2 is 1.87 bits per heavy atom. The molecule has 0 spiro atoms. The summed E-state index contributed by atoms with van der Waals surface area (Å²) in [7, 11) is 0. The molecule has 0 atom stereocenters. The molecule has 2 aromatic rings. The van der Waals surface area contributed by atoms with Gasteiger partial charge in [0.05, 0.1) is 12.8 Å². The van der Waals surface area contributed by atoms with Crippen molar-refractivity contribution in [3.8, 4) is 0 Å². The number of rotatable bonds is 5. The van der Waals surface area contributed by atoms with Crippen LogP contribution in [0.5, 0.6) is 0 Å². The van der Waals surface area contributed by atoms with Crippen molar-refractivity contribution < 1.29 is 9.59 Å². The first-order valence-corrected chi connectivity index (χ1v) is 7.84. The van der Waals surface area contributed by atoms with E-state index in [1.165, 1.54) is 0 Å². The van der Waals surface area contributed by atoms with Crippen LogP contribution in [0, 0.1) is 6.92 Å². The van der Waals surface area contributed by atoms with Crippen molar-refractivity contribution >= 4 is 17.5 Å². The molecular formula is C19H20N2O2. The zero-order chi connectivity index (χ0) is 16.2. The lowest BCUT2D eigenvalue weighted by molar-refractivity contribution is -0.121. The van der Waals surface area contributed by atoms with E-state index in [0.717, 1.165) is 22.4 Å². The largest absolute Gasteiger partial charge is 0.354 e. The van der Waals surface area contributed by atoms with Gasteiger partial charge in [-0.1, -0.05) is 42.5 Å². The SMILES string of the molecule is Cc1ccccc1CC(=O)NCCN1C(=O)Cc2ccccc21. The van der Waals surface area contributed by atoms with Crippen molar-refractivity contribution in [2.24, 2.45) is 0 Å². The topological polar surface area (TPSA) is 49.4 Å². The van der Waals surface area contributed by atoms with Crippen molar-refractivity contribution in [2.45, 2.75) is 19.8 Å². The Labute approximate surface area is 136 Å². The summed E-state index contributed by atoms with van der Waals surface area (Å²) in [5, 5.41) is 2.90. The van der Waals surface area contributed by atoms with Gasteiger partial charge in [0.2, 0.25) is 11.8 Å². The van der Waals surface area contributed by atoms with Gasteiger partial charge in [-0.05, 0) is 29.7 Å². The monoisotopic (exact) mass is 308 g/mol. The maximum atomic E-state index is 12.1. The van der Waals surface area contributed by atoms with Gasteiger partial charge in [-0.15, -0.1) is 0 Å². The van der Waals surface area contributed by atoms with Crippen molar-refractivity contribution in [3.63, 3.8) is 0 Å². The third-order valence-corrected chi connectivity index (χ3v) is 4.19. The second-order valence-electron chi connectivity index (χ2n) is 5.80. The Balaban J connectivity index is 1.53. The molecule has 2 aromatic carbocycles. The lowest BCUT2D eigenvalue weighted by Crippen LogP contribution is -2.37. The highest BCUT2D eigenvalue weighted by atomic mass is 16.2. The summed E-state index contributed by atoms with van der Waals surface area (Å²) in [5.74, 6) is 0.0820. The molecule has 0 saturated carbocycles. The zero-order valence-corrected chi connectivity index (χ0v) is 13.2. The van der Waals surface area contributed by atoms with Crippen LogP contribution < -0.4 is 10.2 Å². The van der Waals surface area contributed by atoms with Gasteiger partial charge in [0, 0.05) is 18.8 Å². The van der Waals surface area contributed by atoms with Crippen LogP contribution in [0.25, 0.3) is 0 Å². The van der Waals surface area contributed by atoms with Crippen LogP contribution in [0.2, 0.25) is 0 Å². The Bertz CT molecular complexity index is 740. The lowest BCUT2D eigenvalue weighted by Gasteiger charge is -2.17. The van der Waals surface area contributed by atoms with Gasteiger partial charge < -0.3 is 10.2 Å². The molecule has 0 bridgehead atoms. The minimum absolute atomic E-state index is 0.0146. The highest BCUT2D eigenvalue weighted by Crippen LogP contribution is 2.27.